The second kappa shape index (κ2) is 12.4. The molecule has 0 bridgehead atoms. The zero-order valence-corrected chi connectivity index (χ0v) is 22.3. The minimum absolute atomic E-state index is 0.0224. The van der Waals surface area contributed by atoms with Crippen molar-refractivity contribution in [2.24, 2.45) is 5.92 Å². The van der Waals surface area contributed by atoms with Gasteiger partial charge < -0.3 is 30.9 Å². The van der Waals surface area contributed by atoms with Gasteiger partial charge in [0.2, 0.25) is 17.7 Å². The summed E-state index contributed by atoms with van der Waals surface area (Å²) >= 11 is 0. The number of cyclic esters (lactones) is 1. The molecular formula is C28H39N5O5. The molecule has 3 aliphatic heterocycles. The first kappa shape index (κ1) is 27.6. The van der Waals surface area contributed by atoms with E-state index in [4.69, 9.17) is 4.74 Å². The number of fused-ring (bicyclic) bond motifs is 1. The molecule has 3 amide bonds. The topological polar surface area (TPSA) is 129 Å². The van der Waals surface area contributed by atoms with E-state index in [1.54, 1.807) is 23.1 Å². The van der Waals surface area contributed by atoms with Crippen molar-refractivity contribution in [3.05, 3.63) is 42.1 Å². The molecule has 10 nitrogen and oxygen atoms in total. The first-order valence-electron chi connectivity index (χ1n) is 13.6. The molecule has 1 aromatic carbocycles. The molecule has 206 valence electrons. The summed E-state index contributed by atoms with van der Waals surface area (Å²) in [4.78, 5) is 52.8. The third-order valence-corrected chi connectivity index (χ3v) is 7.87. The highest BCUT2D eigenvalue weighted by molar-refractivity contribution is 6.05. The molecule has 0 aliphatic carbocycles. The number of likely N-dealkylation sites (N-methyl/N-ethyl adjacent to an activating group) is 1. The second-order valence-corrected chi connectivity index (χ2v) is 10.4. The maximum atomic E-state index is 13.6. The van der Waals surface area contributed by atoms with Gasteiger partial charge in [-0.2, -0.15) is 0 Å². The van der Waals surface area contributed by atoms with Gasteiger partial charge in [-0.3, -0.25) is 19.2 Å². The fourth-order valence-electron chi connectivity index (χ4n) is 5.48. The molecule has 3 saturated heterocycles. The summed E-state index contributed by atoms with van der Waals surface area (Å²) in [6, 6.07) is 6.33. The third-order valence-electron chi connectivity index (χ3n) is 7.87. The van der Waals surface area contributed by atoms with E-state index in [1.807, 2.05) is 20.0 Å². The molecule has 4 N–H and O–H groups in total. The summed E-state index contributed by atoms with van der Waals surface area (Å²) in [6.45, 7) is 6.59. The molecule has 1 aromatic rings. The highest BCUT2D eigenvalue weighted by Crippen LogP contribution is 2.31. The Bertz CT molecular complexity index is 1080. The number of hydrogen-bond acceptors (Lipinski definition) is 7. The van der Waals surface area contributed by atoms with Crippen LogP contribution in [0.25, 0.3) is 0 Å². The Morgan fingerprint density at radius 2 is 1.89 bits per heavy atom. The molecule has 0 spiro atoms. The van der Waals surface area contributed by atoms with E-state index in [2.05, 4.69) is 27.8 Å². The molecule has 4 rings (SSSR count). The molecule has 5 atom stereocenters. The quantitative estimate of drug-likeness (QED) is 0.286. The smallest absolute Gasteiger partial charge is 0.318 e. The number of anilines is 1. The van der Waals surface area contributed by atoms with Crippen molar-refractivity contribution in [1.82, 2.24) is 20.9 Å². The largest absolute Gasteiger partial charge is 0.465 e. The van der Waals surface area contributed by atoms with Crippen LogP contribution in [0.15, 0.2) is 36.5 Å². The molecule has 0 radical (unpaired) electrons. The zero-order chi connectivity index (χ0) is 27.2. The minimum Gasteiger partial charge on any atom is -0.465 e. The summed E-state index contributed by atoms with van der Waals surface area (Å²) in [6.07, 6.45) is 5.42. The van der Waals surface area contributed by atoms with Gasteiger partial charge in [0.05, 0.1) is 6.61 Å². The van der Waals surface area contributed by atoms with Crippen LogP contribution in [0, 0.1) is 5.92 Å². The second-order valence-electron chi connectivity index (χ2n) is 10.4. The number of amides is 3. The van der Waals surface area contributed by atoms with Crippen molar-refractivity contribution < 1.29 is 23.9 Å². The lowest BCUT2D eigenvalue weighted by Crippen LogP contribution is -2.56. The van der Waals surface area contributed by atoms with Crippen molar-refractivity contribution >= 4 is 29.4 Å². The Morgan fingerprint density at radius 3 is 2.63 bits per heavy atom. The molecule has 10 heteroatoms. The summed E-state index contributed by atoms with van der Waals surface area (Å²) in [5.74, 6) is -1.90. The molecule has 0 saturated carbocycles. The van der Waals surface area contributed by atoms with Gasteiger partial charge in [0.15, 0.2) is 0 Å². The Kier molecular flexibility index (Phi) is 9.04. The first-order valence-corrected chi connectivity index (χ1v) is 13.6. The van der Waals surface area contributed by atoms with E-state index in [1.165, 1.54) is 0 Å². The van der Waals surface area contributed by atoms with Gasteiger partial charge in [0, 0.05) is 36.4 Å². The average Bonchev–Trinajstić information content (AvgIpc) is 3.53. The molecule has 1 unspecified atom stereocenters. The number of carbonyl (C=O) groups is 4. The number of rotatable bonds is 9. The summed E-state index contributed by atoms with van der Waals surface area (Å²) in [5.41, 5.74) is 2.11. The normalized spacial score (nSPS) is 26.0. The van der Waals surface area contributed by atoms with E-state index in [0.29, 0.717) is 24.9 Å². The molecule has 3 aliphatic rings. The average molecular weight is 526 g/mol. The van der Waals surface area contributed by atoms with Crippen LogP contribution in [0.1, 0.15) is 57.4 Å². The minimum atomic E-state index is -0.791. The van der Waals surface area contributed by atoms with Crippen molar-refractivity contribution in [3.63, 3.8) is 0 Å². The Hall–Kier alpha value is -3.40. The van der Waals surface area contributed by atoms with Gasteiger partial charge in [-0.25, -0.2) is 0 Å². The molecule has 38 heavy (non-hydrogen) atoms. The first-order chi connectivity index (χ1) is 18.3. The van der Waals surface area contributed by atoms with Gasteiger partial charge in [0.1, 0.15) is 18.0 Å². The lowest BCUT2D eigenvalue weighted by Gasteiger charge is -2.36. The van der Waals surface area contributed by atoms with Crippen LogP contribution < -0.4 is 21.3 Å². The molecule has 3 fully saturated rings. The zero-order valence-electron chi connectivity index (χ0n) is 22.3. The van der Waals surface area contributed by atoms with E-state index in [-0.39, 0.29) is 37.0 Å². The van der Waals surface area contributed by atoms with Crippen LogP contribution in [-0.4, -0.2) is 66.4 Å². The van der Waals surface area contributed by atoms with Crippen molar-refractivity contribution in [2.75, 3.05) is 19.0 Å². The predicted octanol–water partition coefficient (Wildman–Crippen LogP) is 1.82. The summed E-state index contributed by atoms with van der Waals surface area (Å²) < 4.78 is 4.88. The number of esters is 1. The summed E-state index contributed by atoms with van der Waals surface area (Å²) in [5, 5.41) is 12.2. The maximum absolute atomic E-state index is 13.6. The van der Waals surface area contributed by atoms with Crippen molar-refractivity contribution in [2.45, 2.75) is 82.6 Å². The Morgan fingerprint density at radius 1 is 1.11 bits per heavy atom. The van der Waals surface area contributed by atoms with E-state index < -0.39 is 29.9 Å². The van der Waals surface area contributed by atoms with Crippen LogP contribution in [0.4, 0.5) is 5.69 Å². The monoisotopic (exact) mass is 525 g/mol. The molecule has 0 aromatic heterocycles. The van der Waals surface area contributed by atoms with Crippen LogP contribution in [0.5, 0.6) is 0 Å². The van der Waals surface area contributed by atoms with Crippen molar-refractivity contribution in [1.29, 1.82) is 0 Å². The number of hydrogen-bond donors (Lipinski definition) is 4. The standard InChI is InChI=1S/C28H39N5O5/c1-17(29-3)18(2)31-23-10-5-4-9-21-11-12-24(33(21)27(23)36)26(35)30-16-19-7-6-8-20(15-19)32-25(34)22-13-14-38-28(22)37/h6-8,15,17,21-24,29,31H,2,4-5,9-14,16H2,1,3H3,(H,30,35)(H,32,34)/t17-,21-,22?,23-,24-/m0/s1. The maximum Gasteiger partial charge on any atom is 0.318 e. The number of benzene rings is 1. The lowest BCUT2D eigenvalue weighted by atomic mass is 9.98. The van der Waals surface area contributed by atoms with E-state index in [9.17, 15) is 19.2 Å². The van der Waals surface area contributed by atoms with Gasteiger partial charge in [0.25, 0.3) is 0 Å². The summed E-state index contributed by atoms with van der Waals surface area (Å²) in [7, 11) is 1.85. The Labute approximate surface area is 223 Å². The SMILES string of the molecule is C=C(N[C@H]1CCCC[C@H]2CC[C@@H](C(=O)NCc3cccc(NC(=O)C4CCOC4=O)c3)N2C1=O)[C@H](C)NC. The predicted molar refractivity (Wildman–Crippen MR) is 143 cm³/mol. The van der Waals surface area contributed by atoms with Crippen LogP contribution in [0.2, 0.25) is 0 Å². The number of carbonyl (C=O) groups excluding carboxylic acids is 4. The fourth-order valence-corrected chi connectivity index (χ4v) is 5.48. The van der Waals surface area contributed by atoms with Gasteiger partial charge >= 0.3 is 5.97 Å². The Balaban J connectivity index is 1.38. The van der Waals surface area contributed by atoms with Gasteiger partial charge in [-0.05, 0) is 57.4 Å². The third kappa shape index (κ3) is 6.35. The van der Waals surface area contributed by atoms with Gasteiger partial charge in [-0.15, -0.1) is 0 Å². The number of ether oxygens (including phenoxy) is 1. The van der Waals surface area contributed by atoms with E-state index >= 15 is 0 Å². The van der Waals surface area contributed by atoms with Crippen LogP contribution in [-0.2, 0) is 30.5 Å². The highest BCUT2D eigenvalue weighted by Gasteiger charge is 2.43. The number of nitrogens with zero attached hydrogens (tertiary/aromatic N) is 1. The van der Waals surface area contributed by atoms with Crippen LogP contribution in [0.3, 0.4) is 0 Å². The number of nitrogens with one attached hydrogen (secondary N) is 4. The lowest BCUT2D eigenvalue weighted by molar-refractivity contribution is -0.144. The van der Waals surface area contributed by atoms with Gasteiger partial charge in [-0.1, -0.05) is 31.6 Å². The fraction of sp³-hybridized carbons (Fsp3) is 0.571. The highest BCUT2D eigenvalue weighted by atomic mass is 16.5. The molecule has 3 heterocycles. The van der Waals surface area contributed by atoms with Crippen molar-refractivity contribution in [3.8, 4) is 0 Å². The van der Waals surface area contributed by atoms with E-state index in [0.717, 1.165) is 36.9 Å². The van der Waals surface area contributed by atoms with Crippen LogP contribution >= 0.6 is 0 Å². The molecular weight excluding hydrogens is 486 g/mol.